The van der Waals surface area contributed by atoms with Crippen LogP contribution in [-0.2, 0) is 29.4 Å². The van der Waals surface area contributed by atoms with E-state index in [1.54, 1.807) is 7.11 Å². The largest absolute Gasteiger partial charge is 0.381 e. The van der Waals surface area contributed by atoms with E-state index in [1.165, 1.54) is 0 Å². The molecule has 1 aliphatic heterocycles. The van der Waals surface area contributed by atoms with Crippen molar-refractivity contribution in [2.24, 2.45) is 12.9 Å². The van der Waals surface area contributed by atoms with Gasteiger partial charge in [0.15, 0.2) is 0 Å². The van der Waals surface area contributed by atoms with E-state index in [0.29, 0.717) is 19.6 Å². The van der Waals surface area contributed by atoms with Crippen LogP contribution in [0.2, 0.25) is 5.02 Å². The minimum absolute atomic E-state index is 0.0380. The van der Waals surface area contributed by atoms with Crippen molar-refractivity contribution in [2.75, 3.05) is 20.3 Å². The Balaban J connectivity index is 2.24. The molecule has 0 radical (unpaired) electrons. The first-order valence-electron chi connectivity index (χ1n) is 7.37. The molecule has 3 N–H and O–H groups in total. The van der Waals surface area contributed by atoms with Crippen LogP contribution in [0.3, 0.4) is 0 Å². The van der Waals surface area contributed by atoms with Gasteiger partial charge in [-0.05, 0) is 6.42 Å². The first-order valence-corrected chi connectivity index (χ1v) is 7.75. The van der Waals surface area contributed by atoms with Crippen molar-refractivity contribution in [1.82, 2.24) is 15.2 Å². The van der Waals surface area contributed by atoms with Gasteiger partial charge in [-0.3, -0.25) is 16.0 Å². The minimum Gasteiger partial charge on any atom is -0.381 e. The number of ether oxygens (including phenoxy) is 2. The summed E-state index contributed by atoms with van der Waals surface area (Å²) < 4.78 is 13.1. The van der Waals surface area contributed by atoms with Crippen LogP contribution in [0.5, 0.6) is 0 Å². The van der Waals surface area contributed by atoms with E-state index in [9.17, 15) is 0 Å². The van der Waals surface area contributed by atoms with Crippen molar-refractivity contribution >= 4 is 11.6 Å². The predicted molar refractivity (Wildman–Crippen MR) is 82.2 cm³/mol. The molecule has 7 heteroatoms. The Morgan fingerprint density at radius 2 is 2.19 bits per heavy atom. The third-order valence-corrected chi connectivity index (χ3v) is 4.92. The molecule has 1 aromatic heterocycles. The molecule has 0 bridgehead atoms. The fourth-order valence-electron chi connectivity index (χ4n) is 3.04. The number of aromatic nitrogens is 2. The Morgan fingerprint density at radius 1 is 1.52 bits per heavy atom. The van der Waals surface area contributed by atoms with Gasteiger partial charge in [0, 0.05) is 46.6 Å². The van der Waals surface area contributed by atoms with Gasteiger partial charge in [-0.1, -0.05) is 18.5 Å². The summed E-state index contributed by atoms with van der Waals surface area (Å²) in [6, 6.07) is -0.0380. The average Bonchev–Trinajstić information content (AvgIpc) is 2.79. The van der Waals surface area contributed by atoms with Gasteiger partial charge in [0.2, 0.25) is 0 Å². The topological polar surface area (TPSA) is 74.3 Å². The monoisotopic (exact) mass is 316 g/mol. The van der Waals surface area contributed by atoms with E-state index in [0.717, 1.165) is 35.7 Å². The van der Waals surface area contributed by atoms with E-state index in [1.807, 2.05) is 18.7 Å². The van der Waals surface area contributed by atoms with E-state index in [-0.39, 0.29) is 11.6 Å². The van der Waals surface area contributed by atoms with Crippen LogP contribution >= 0.6 is 11.6 Å². The van der Waals surface area contributed by atoms with Crippen LogP contribution in [0.25, 0.3) is 0 Å². The molecule has 6 nitrogen and oxygen atoms in total. The van der Waals surface area contributed by atoms with Crippen molar-refractivity contribution in [3.63, 3.8) is 0 Å². The van der Waals surface area contributed by atoms with Gasteiger partial charge in [0.25, 0.3) is 0 Å². The lowest BCUT2D eigenvalue weighted by atomic mass is 9.83. The number of hydrogen-bond acceptors (Lipinski definition) is 5. The fraction of sp³-hybridized carbons (Fsp3) is 0.786. The molecule has 0 aliphatic carbocycles. The number of hydrazine groups is 1. The highest BCUT2D eigenvalue weighted by Crippen LogP contribution is 2.31. The minimum atomic E-state index is -0.326. The fourth-order valence-corrected chi connectivity index (χ4v) is 3.41. The zero-order valence-corrected chi connectivity index (χ0v) is 13.7. The van der Waals surface area contributed by atoms with Crippen molar-refractivity contribution in [3.8, 4) is 0 Å². The van der Waals surface area contributed by atoms with Gasteiger partial charge >= 0.3 is 0 Å². The number of nitrogens with zero attached hydrogens (tertiary/aromatic N) is 2. The van der Waals surface area contributed by atoms with Gasteiger partial charge in [-0.2, -0.15) is 5.10 Å². The van der Waals surface area contributed by atoms with Crippen molar-refractivity contribution in [2.45, 2.75) is 44.2 Å². The molecule has 1 saturated heterocycles. The van der Waals surface area contributed by atoms with Gasteiger partial charge in [0.05, 0.1) is 28.1 Å². The molecule has 1 atom stereocenters. The van der Waals surface area contributed by atoms with Gasteiger partial charge in [-0.15, -0.1) is 0 Å². The van der Waals surface area contributed by atoms with Crippen LogP contribution in [0.15, 0.2) is 0 Å². The average molecular weight is 317 g/mol. The summed E-state index contributed by atoms with van der Waals surface area (Å²) >= 11 is 6.44. The Hall–Kier alpha value is -0.660. The van der Waals surface area contributed by atoms with Crippen molar-refractivity contribution in [3.05, 3.63) is 16.4 Å². The summed E-state index contributed by atoms with van der Waals surface area (Å²) in [6.07, 6.45) is 3.12. The highest BCUT2D eigenvalue weighted by Gasteiger charge is 2.41. The second-order valence-corrected chi connectivity index (χ2v) is 5.87. The SMILES string of the molecule is CCc1nn(C)c(CC(NN)C2(OC)CCOCC2)c1Cl. The standard InChI is InChI=1S/C14H25ClN4O2/c1-4-10-13(15)11(19(2)18-10)9-12(17-16)14(20-3)5-7-21-8-6-14/h12,17H,4-9,16H2,1-3H3. The quantitative estimate of drug-likeness (QED) is 0.609. The van der Waals surface area contributed by atoms with Crippen LogP contribution < -0.4 is 11.3 Å². The molecule has 120 valence electrons. The molecule has 21 heavy (non-hydrogen) atoms. The molecule has 0 saturated carbocycles. The molecule has 1 fully saturated rings. The summed E-state index contributed by atoms with van der Waals surface area (Å²) in [5.74, 6) is 5.81. The van der Waals surface area contributed by atoms with Crippen molar-refractivity contribution < 1.29 is 9.47 Å². The lowest BCUT2D eigenvalue weighted by molar-refractivity contribution is -0.110. The number of halogens is 1. The third-order valence-electron chi connectivity index (χ3n) is 4.48. The smallest absolute Gasteiger partial charge is 0.0891 e. The van der Waals surface area contributed by atoms with Gasteiger partial charge < -0.3 is 9.47 Å². The van der Waals surface area contributed by atoms with E-state index >= 15 is 0 Å². The van der Waals surface area contributed by atoms with Gasteiger partial charge in [0.1, 0.15) is 0 Å². The second kappa shape index (κ2) is 7.07. The zero-order chi connectivity index (χ0) is 15.5. The Labute approximate surface area is 130 Å². The highest BCUT2D eigenvalue weighted by atomic mass is 35.5. The molecule has 0 amide bonds. The molecule has 1 aromatic rings. The molecule has 2 rings (SSSR count). The first-order chi connectivity index (χ1) is 10.1. The van der Waals surface area contributed by atoms with E-state index in [2.05, 4.69) is 10.5 Å². The summed E-state index contributed by atoms with van der Waals surface area (Å²) in [7, 11) is 3.65. The third kappa shape index (κ3) is 3.24. The predicted octanol–water partition coefficient (Wildman–Crippen LogP) is 1.21. The summed E-state index contributed by atoms with van der Waals surface area (Å²) in [5.41, 5.74) is 4.49. The normalized spacial score (nSPS) is 19.7. The number of hydrogen-bond donors (Lipinski definition) is 2. The van der Waals surface area contributed by atoms with Crippen molar-refractivity contribution in [1.29, 1.82) is 0 Å². The number of aryl methyl sites for hydroxylation is 2. The molecule has 1 aliphatic rings. The maximum Gasteiger partial charge on any atom is 0.0891 e. The summed E-state index contributed by atoms with van der Waals surface area (Å²) in [4.78, 5) is 0. The number of nitrogens with one attached hydrogen (secondary N) is 1. The Kier molecular flexibility index (Phi) is 5.62. The lowest BCUT2D eigenvalue weighted by Crippen LogP contribution is -2.58. The summed E-state index contributed by atoms with van der Waals surface area (Å²) in [5, 5.41) is 5.20. The van der Waals surface area contributed by atoms with E-state index < -0.39 is 0 Å². The maximum absolute atomic E-state index is 6.44. The lowest BCUT2D eigenvalue weighted by Gasteiger charge is -2.42. The first kappa shape index (κ1) is 16.7. The Bertz CT molecular complexity index is 472. The zero-order valence-electron chi connectivity index (χ0n) is 13.0. The maximum atomic E-state index is 6.44. The molecule has 2 heterocycles. The summed E-state index contributed by atoms with van der Waals surface area (Å²) in [6.45, 7) is 3.42. The van der Waals surface area contributed by atoms with Crippen LogP contribution in [0.1, 0.15) is 31.2 Å². The molecule has 1 unspecified atom stereocenters. The number of methoxy groups -OCH3 is 1. The molecular formula is C14H25ClN4O2. The second-order valence-electron chi connectivity index (χ2n) is 5.49. The molecule has 0 aromatic carbocycles. The number of rotatable bonds is 6. The Morgan fingerprint density at radius 3 is 2.67 bits per heavy atom. The van der Waals surface area contributed by atoms with Crippen LogP contribution in [-0.4, -0.2) is 41.7 Å². The number of nitrogens with two attached hydrogens (primary N) is 1. The van der Waals surface area contributed by atoms with Gasteiger partial charge in [-0.25, -0.2) is 0 Å². The highest BCUT2D eigenvalue weighted by molar-refractivity contribution is 6.31. The molecule has 0 spiro atoms. The molecular weight excluding hydrogens is 292 g/mol. The van der Waals surface area contributed by atoms with Crippen LogP contribution in [0.4, 0.5) is 0 Å². The van der Waals surface area contributed by atoms with E-state index in [4.69, 9.17) is 26.9 Å². The van der Waals surface area contributed by atoms with Crippen LogP contribution in [0, 0.1) is 0 Å².